The zero-order chi connectivity index (χ0) is 21.0. The number of benzene rings is 1. The number of nitrogens with one attached hydrogen (secondary N) is 1. The minimum Gasteiger partial charge on any atom is -0.505 e. The Morgan fingerprint density at radius 1 is 1.23 bits per heavy atom. The Morgan fingerprint density at radius 3 is 2.83 bits per heavy atom. The average molecular weight is 410 g/mol. The minimum atomic E-state index is -0.951. The Hall–Kier alpha value is -3.07. The quantitative estimate of drug-likeness (QED) is 0.679. The molecule has 0 amide bonds. The van der Waals surface area contributed by atoms with Crippen LogP contribution in [0.25, 0.3) is 22.2 Å². The molecule has 5 rings (SSSR count). The number of rotatable bonds is 3. The van der Waals surface area contributed by atoms with Gasteiger partial charge < -0.3 is 19.9 Å². The van der Waals surface area contributed by atoms with Gasteiger partial charge in [-0.1, -0.05) is 0 Å². The first-order chi connectivity index (χ1) is 14.4. The maximum Gasteiger partial charge on any atom is 0.261 e. The van der Waals surface area contributed by atoms with Crippen molar-refractivity contribution in [2.24, 2.45) is 7.05 Å². The number of alkyl halides is 1. The summed E-state index contributed by atoms with van der Waals surface area (Å²) in [5, 5.41) is 14.3. The van der Waals surface area contributed by atoms with Crippen molar-refractivity contribution in [1.29, 1.82) is 0 Å². The summed E-state index contributed by atoms with van der Waals surface area (Å²) in [6, 6.07) is 3.30. The van der Waals surface area contributed by atoms with E-state index in [0.29, 0.717) is 28.5 Å². The Balaban J connectivity index is 1.44. The van der Waals surface area contributed by atoms with E-state index in [0.717, 1.165) is 19.3 Å². The monoisotopic (exact) mass is 410 g/mol. The van der Waals surface area contributed by atoms with E-state index in [2.05, 4.69) is 20.3 Å². The number of anilines is 1. The van der Waals surface area contributed by atoms with Gasteiger partial charge in [-0.15, -0.1) is 0 Å². The molecule has 2 N–H and O–H groups in total. The average Bonchev–Trinajstić information content (AvgIpc) is 3.17. The molecule has 0 spiro atoms. The minimum absolute atomic E-state index is 0.0850. The molecule has 2 aliphatic heterocycles. The van der Waals surface area contributed by atoms with Gasteiger partial charge in [0.05, 0.1) is 35.8 Å². The number of aromatic hydroxyl groups is 1. The largest absolute Gasteiger partial charge is 0.505 e. The molecule has 2 aromatic heterocycles. The molecule has 2 saturated heterocycles. The van der Waals surface area contributed by atoms with E-state index in [4.69, 9.17) is 0 Å². The molecule has 3 aromatic rings. The molecule has 2 bridgehead atoms. The standard InChI is InChI=1S/C21H23FN6O2/c1-27-10-25-19-13(21(27)30)5-4-12(20(19)29)15-8-24-17(9-23-15)28(2)16-7-11-3-6-14(26-11)18(16)22/h4-5,8-11,14,16,18,26,29H,3,6-7H2,1-2H3/t11-,14?,16-,18+/m0/s1. The van der Waals surface area contributed by atoms with E-state index in [-0.39, 0.29) is 28.9 Å². The molecule has 0 radical (unpaired) electrons. The molecule has 30 heavy (non-hydrogen) atoms. The molecular formula is C21H23FN6O2. The summed E-state index contributed by atoms with van der Waals surface area (Å²) in [7, 11) is 3.45. The van der Waals surface area contributed by atoms with Crippen LogP contribution in [0.5, 0.6) is 5.75 Å². The fourth-order valence-corrected chi connectivity index (χ4v) is 4.64. The molecule has 2 aliphatic rings. The smallest absolute Gasteiger partial charge is 0.261 e. The van der Waals surface area contributed by atoms with Crippen LogP contribution in [0.1, 0.15) is 19.3 Å². The van der Waals surface area contributed by atoms with Crippen molar-refractivity contribution in [3.05, 3.63) is 41.2 Å². The van der Waals surface area contributed by atoms with Gasteiger partial charge in [-0.25, -0.2) is 14.4 Å². The van der Waals surface area contributed by atoms with Gasteiger partial charge in [0.1, 0.15) is 17.5 Å². The van der Waals surface area contributed by atoms with Gasteiger partial charge in [-0.3, -0.25) is 9.78 Å². The van der Waals surface area contributed by atoms with E-state index < -0.39 is 6.17 Å². The van der Waals surface area contributed by atoms with Crippen molar-refractivity contribution in [3.8, 4) is 17.0 Å². The second kappa shape index (κ2) is 7.02. The van der Waals surface area contributed by atoms with Gasteiger partial charge in [-0.05, 0) is 31.4 Å². The van der Waals surface area contributed by atoms with Crippen LogP contribution >= 0.6 is 0 Å². The fraction of sp³-hybridized carbons (Fsp3) is 0.429. The first-order valence-electron chi connectivity index (χ1n) is 10.1. The molecule has 0 saturated carbocycles. The van der Waals surface area contributed by atoms with E-state index in [1.165, 1.54) is 10.9 Å². The van der Waals surface area contributed by atoms with Crippen molar-refractivity contribution in [2.45, 2.75) is 43.6 Å². The number of aryl methyl sites for hydroxylation is 1. The van der Waals surface area contributed by atoms with E-state index >= 15 is 0 Å². The van der Waals surface area contributed by atoms with Crippen LogP contribution in [-0.2, 0) is 7.05 Å². The fourth-order valence-electron chi connectivity index (χ4n) is 4.64. The van der Waals surface area contributed by atoms with Crippen LogP contribution in [0.4, 0.5) is 10.2 Å². The number of phenols is 1. The molecule has 2 fully saturated rings. The molecule has 4 heterocycles. The van der Waals surface area contributed by atoms with Gasteiger partial charge in [0.25, 0.3) is 5.56 Å². The third-order valence-corrected chi connectivity index (χ3v) is 6.39. The lowest BCUT2D eigenvalue weighted by Crippen LogP contribution is -2.55. The van der Waals surface area contributed by atoms with Crippen LogP contribution in [0.15, 0.2) is 35.6 Å². The number of halogens is 1. The van der Waals surface area contributed by atoms with Crippen molar-refractivity contribution in [2.75, 3.05) is 11.9 Å². The maximum atomic E-state index is 14.9. The Kier molecular flexibility index (Phi) is 4.43. The van der Waals surface area contributed by atoms with Gasteiger partial charge in [0.15, 0.2) is 5.75 Å². The van der Waals surface area contributed by atoms with E-state index in [1.807, 2.05) is 11.9 Å². The van der Waals surface area contributed by atoms with Crippen LogP contribution in [0.3, 0.4) is 0 Å². The highest BCUT2D eigenvalue weighted by atomic mass is 19.1. The first kappa shape index (κ1) is 18.9. The van der Waals surface area contributed by atoms with Crippen molar-refractivity contribution in [1.82, 2.24) is 24.8 Å². The van der Waals surface area contributed by atoms with E-state index in [1.54, 1.807) is 31.6 Å². The molecule has 1 aromatic carbocycles. The second-order valence-corrected chi connectivity index (χ2v) is 8.18. The van der Waals surface area contributed by atoms with Gasteiger partial charge in [0.2, 0.25) is 0 Å². The summed E-state index contributed by atoms with van der Waals surface area (Å²) >= 11 is 0. The summed E-state index contributed by atoms with van der Waals surface area (Å²) in [6.45, 7) is 0. The van der Waals surface area contributed by atoms with Crippen molar-refractivity contribution in [3.63, 3.8) is 0 Å². The number of aromatic nitrogens is 4. The molecule has 9 heteroatoms. The number of fused-ring (bicyclic) bond motifs is 3. The lowest BCUT2D eigenvalue weighted by molar-refractivity contribution is 0.176. The molecule has 1 unspecified atom stereocenters. The topological polar surface area (TPSA) is 96.2 Å². The van der Waals surface area contributed by atoms with Crippen LogP contribution in [0, 0.1) is 0 Å². The van der Waals surface area contributed by atoms with Crippen LogP contribution in [-0.4, -0.2) is 56.0 Å². The number of nitrogens with zero attached hydrogens (tertiary/aromatic N) is 5. The summed E-state index contributed by atoms with van der Waals surface area (Å²) in [5.41, 5.74) is 0.884. The highest BCUT2D eigenvalue weighted by Gasteiger charge is 2.43. The van der Waals surface area contributed by atoms with Crippen molar-refractivity contribution < 1.29 is 9.50 Å². The highest BCUT2D eigenvalue weighted by molar-refractivity contribution is 5.90. The number of piperidine rings is 1. The SMILES string of the molecule is CN(c1cnc(-c2ccc3c(=O)n(C)cnc3c2O)cn1)[C@H]1C[C@@H]2CCC(N2)[C@H]1F. The molecule has 156 valence electrons. The van der Waals surface area contributed by atoms with Crippen LogP contribution in [0.2, 0.25) is 0 Å². The third kappa shape index (κ3) is 2.92. The Labute approximate surface area is 172 Å². The summed E-state index contributed by atoms with van der Waals surface area (Å²) < 4.78 is 16.2. The summed E-state index contributed by atoms with van der Waals surface area (Å²) in [4.78, 5) is 27.2. The van der Waals surface area contributed by atoms with Crippen LogP contribution < -0.4 is 15.8 Å². The van der Waals surface area contributed by atoms with Gasteiger partial charge in [-0.2, -0.15) is 0 Å². The maximum absolute atomic E-state index is 14.9. The Morgan fingerprint density at radius 2 is 2.07 bits per heavy atom. The molecule has 0 aliphatic carbocycles. The third-order valence-electron chi connectivity index (χ3n) is 6.39. The van der Waals surface area contributed by atoms with Gasteiger partial charge >= 0.3 is 0 Å². The van der Waals surface area contributed by atoms with Gasteiger partial charge in [0, 0.05) is 31.7 Å². The zero-order valence-electron chi connectivity index (χ0n) is 16.8. The molecule has 8 nitrogen and oxygen atoms in total. The lowest BCUT2D eigenvalue weighted by Gasteiger charge is -2.38. The van der Waals surface area contributed by atoms with E-state index in [9.17, 15) is 14.3 Å². The number of hydrogen-bond donors (Lipinski definition) is 2. The highest BCUT2D eigenvalue weighted by Crippen LogP contribution is 2.35. The number of hydrogen-bond acceptors (Lipinski definition) is 7. The first-order valence-corrected chi connectivity index (χ1v) is 10.1. The second-order valence-electron chi connectivity index (χ2n) is 8.18. The summed E-state index contributed by atoms with van der Waals surface area (Å²) in [5.74, 6) is 0.472. The zero-order valence-corrected chi connectivity index (χ0v) is 16.8. The number of phenolic OH excluding ortho intramolecular Hbond substituents is 1. The lowest BCUT2D eigenvalue weighted by atomic mass is 9.96. The molecule has 4 atom stereocenters. The predicted octanol–water partition coefficient (Wildman–Crippen LogP) is 1.76. The normalized spacial score (nSPS) is 25.6. The predicted molar refractivity (Wildman–Crippen MR) is 111 cm³/mol. The van der Waals surface area contributed by atoms with Crippen molar-refractivity contribution >= 4 is 16.7 Å². The summed E-state index contributed by atoms with van der Waals surface area (Å²) in [6.07, 6.45) is 6.19. The Bertz CT molecular complexity index is 1160. The molecular weight excluding hydrogens is 387 g/mol.